The van der Waals surface area contributed by atoms with Crippen molar-refractivity contribution in [1.82, 2.24) is 15.4 Å². The van der Waals surface area contributed by atoms with Crippen LogP contribution in [0.1, 0.15) is 22.8 Å². The van der Waals surface area contributed by atoms with Gasteiger partial charge in [0.2, 0.25) is 5.88 Å². The fourth-order valence-electron chi connectivity index (χ4n) is 1.67. The van der Waals surface area contributed by atoms with Crippen LogP contribution in [0.3, 0.4) is 0 Å². The molecule has 0 spiro atoms. The second-order valence-electron chi connectivity index (χ2n) is 4.28. The average molecular weight is 323 g/mol. The molecular formula is C13H11ClN4O4. The first-order valence-corrected chi connectivity index (χ1v) is 6.42. The molecule has 0 aliphatic heterocycles. The van der Waals surface area contributed by atoms with Gasteiger partial charge in [-0.05, 0) is 31.2 Å². The summed E-state index contributed by atoms with van der Waals surface area (Å²) < 4.78 is 0. The lowest BCUT2D eigenvalue weighted by Crippen LogP contribution is -2.28. The van der Waals surface area contributed by atoms with E-state index in [0.29, 0.717) is 10.6 Å². The first-order chi connectivity index (χ1) is 10.4. The van der Waals surface area contributed by atoms with Crippen LogP contribution in [0.5, 0.6) is 5.88 Å². The summed E-state index contributed by atoms with van der Waals surface area (Å²) in [6.07, 6.45) is 0. The summed E-state index contributed by atoms with van der Waals surface area (Å²) in [5, 5.41) is 13.8. The molecule has 0 bridgehead atoms. The van der Waals surface area contributed by atoms with Crippen molar-refractivity contribution in [3.8, 4) is 5.88 Å². The minimum absolute atomic E-state index is 0.0253. The number of hydrazone groups is 1. The van der Waals surface area contributed by atoms with Crippen molar-refractivity contribution in [2.24, 2.45) is 5.10 Å². The highest BCUT2D eigenvalue weighted by atomic mass is 35.5. The summed E-state index contributed by atoms with van der Waals surface area (Å²) in [5.74, 6) is -1.15. The molecule has 0 fully saturated rings. The number of amides is 1. The van der Waals surface area contributed by atoms with Gasteiger partial charge in [-0.15, -0.1) is 0 Å². The second-order valence-corrected chi connectivity index (χ2v) is 4.71. The molecule has 1 amide bonds. The Morgan fingerprint density at radius 1 is 1.23 bits per heavy atom. The first-order valence-electron chi connectivity index (χ1n) is 6.04. The van der Waals surface area contributed by atoms with Gasteiger partial charge in [0.1, 0.15) is 5.56 Å². The first kappa shape index (κ1) is 15.5. The fourth-order valence-corrected chi connectivity index (χ4v) is 1.79. The monoisotopic (exact) mass is 322 g/mol. The van der Waals surface area contributed by atoms with E-state index >= 15 is 0 Å². The minimum Gasteiger partial charge on any atom is -0.494 e. The number of rotatable bonds is 3. The molecule has 0 aliphatic carbocycles. The number of aromatic hydroxyl groups is 1. The lowest BCUT2D eigenvalue weighted by atomic mass is 10.2. The van der Waals surface area contributed by atoms with Crippen LogP contribution in [0.2, 0.25) is 5.02 Å². The van der Waals surface area contributed by atoms with Gasteiger partial charge in [-0.3, -0.25) is 19.6 Å². The van der Waals surface area contributed by atoms with Crippen molar-refractivity contribution in [1.29, 1.82) is 0 Å². The van der Waals surface area contributed by atoms with Crippen LogP contribution in [-0.2, 0) is 0 Å². The number of aromatic amines is 2. The molecule has 114 valence electrons. The van der Waals surface area contributed by atoms with E-state index in [1.54, 1.807) is 12.1 Å². The van der Waals surface area contributed by atoms with Crippen molar-refractivity contribution >= 4 is 23.2 Å². The zero-order valence-corrected chi connectivity index (χ0v) is 12.1. The van der Waals surface area contributed by atoms with Gasteiger partial charge in [-0.1, -0.05) is 11.6 Å². The van der Waals surface area contributed by atoms with Crippen LogP contribution in [0.25, 0.3) is 0 Å². The third kappa shape index (κ3) is 3.41. The maximum Gasteiger partial charge on any atom is 0.328 e. The summed E-state index contributed by atoms with van der Waals surface area (Å²) in [4.78, 5) is 38.4. The molecule has 0 aliphatic rings. The van der Waals surface area contributed by atoms with Crippen molar-refractivity contribution < 1.29 is 9.90 Å². The number of benzene rings is 1. The lowest BCUT2D eigenvalue weighted by molar-refractivity contribution is 0.0955. The summed E-state index contributed by atoms with van der Waals surface area (Å²) >= 11 is 5.72. The maximum atomic E-state index is 11.8. The van der Waals surface area contributed by atoms with E-state index < -0.39 is 23.0 Å². The number of carbonyl (C=O) groups is 1. The van der Waals surface area contributed by atoms with Crippen molar-refractivity contribution in [2.75, 3.05) is 0 Å². The summed E-state index contributed by atoms with van der Waals surface area (Å²) in [6.45, 7) is 1.39. The highest BCUT2D eigenvalue weighted by Gasteiger charge is 2.12. The van der Waals surface area contributed by atoms with Crippen LogP contribution >= 0.6 is 11.6 Å². The molecule has 4 N–H and O–H groups in total. The normalized spacial score (nSPS) is 11.3. The molecule has 0 radical (unpaired) electrons. The van der Waals surface area contributed by atoms with Gasteiger partial charge in [0.15, 0.2) is 0 Å². The number of nitrogens with zero attached hydrogens (tertiary/aromatic N) is 1. The quantitative estimate of drug-likeness (QED) is 0.486. The molecule has 2 aromatic rings. The van der Waals surface area contributed by atoms with Crippen molar-refractivity contribution in [2.45, 2.75) is 6.92 Å². The second kappa shape index (κ2) is 6.27. The van der Waals surface area contributed by atoms with Gasteiger partial charge in [-0.25, -0.2) is 10.2 Å². The molecule has 1 aromatic heterocycles. The highest BCUT2D eigenvalue weighted by Crippen LogP contribution is 2.09. The molecule has 8 nitrogen and oxygen atoms in total. The number of halogens is 1. The number of H-pyrrole nitrogens is 2. The number of hydrogen-bond donors (Lipinski definition) is 4. The van der Waals surface area contributed by atoms with Crippen LogP contribution in [0.4, 0.5) is 0 Å². The molecule has 0 unspecified atom stereocenters. The third-order valence-corrected chi connectivity index (χ3v) is 2.97. The number of carbonyl (C=O) groups excluding carboxylic acids is 1. The van der Waals surface area contributed by atoms with Crippen LogP contribution < -0.4 is 16.7 Å². The van der Waals surface area contributed by atoms with Gasteiger partial charge in [0.05, 0.1) is 5.71 Å². The average Bonchev–Trinajstić information content (AvgIpc) is 2.44. The molecule has 1 aromatic carbocycles. The van der Waals surface area contributed by atoms with Crippen LogP contribution in [-0.4, -0.2) is 26.7 Å². The summed E-state index contributed by atoms with van der Waals surface area (Å²) in [6, 6.07) is 6.11. The predicted octanol–water partition coefficient (Wildman–Crippen LogP) is 0.576. The van der Waals surface area contributed by atoms with E-state index in [1.807, 2.05) is 9.97 Å². The maximum absolute atomic E-state index is 11.8. The van der Waals surface area contributed by atoms with Gasteiger partial charge in [-0.2, -0.15) is 5.10 Å². The molecule has 0 atom stereocenters. The summed E-state index contributed by atoms with van der Waals surface area (Å²) in [5.41, 5.74) is 0.681. The van der Waals surface area contributed by atoms with Crippen LogP contribution in [0, 0.1) is 0 Å². The number of aromatic nitrogens is 2. The molecule has 2 rings (SSSR count). The summed E-state index contributed by atoms with van der Waals surface area (Å²) in [7, 11) is 0. The van der Waals surface area contributed by atoms with E-state index in [4.69, 9.17) is 11.6 Å². The Morgan fingerprint density at radius 3 is 2.45 bits per heavy atom. The Bertz CT molecular complexity index is 852. The number of nitrogens with one attached hydrogen (secondary N) is 3. The largest absolute Gasteiger partial charge is 0.494 e. The topological polar surface area (TPSA) is 127 Å². The molecule has 0 saturated heterocycles. The molecular weight excluding hydrogens is 312 g/mol. The Hall–Kier alpha value is -2.87. The predicted molar refractivity (Wildman–Crippen MR) is 80.5 cm³/mol. The van der Waals surface area contributed by atoms with Crippen LogP contribution in [0.15, 0.2) is 39.0 Å². The van der Waals surface area contributed by atoms with E-state index in [0.717, 1.165) is 0 Å². The zero-order chi connectivity index (χ0) is 16.3. The molecule has 9 heteroatoms. The van der Waals surface area contributed by atoms with Gasteiger partial charge < -0.3 is 5.11 Å². The Kier molecular flexibility index (Phi) is 4.42. The van der Waals surface area contributed by atoms with Crippen molar-refractivity contribution in [3.63, 3.8) is 0 Å². The molecule has 22 heavy (non-hydrogen) atoms. The van der Waals surface area contributed by atoms with Crippen molar-refractivity contribution in [3.05, 3.63) is 61.3 Å². The van der Waals surface area contributed by atoms with E-state index in [9.17, 15) is 19.5 Å². The smallest absolute Gasteiger partial charge is 0.328 e. The zero-order valence-electron chi connectivity index (χ0n) is 11.3. The van der Waals surface area contributed by atoms with E-state index in [-0.39, 0.29) is 11.3 Å². The third-order valence-electron chi connectivity index (χ3n) is 2.72. The minimum atomic E-state index is -0.843. The number of hydrogen-bond acceptors (Lipinski definition) is 5. The lowest BCUT2D eigenvalue weighted by Gasteiger charge is -2.04. The fraction of sp³-hybridized carbons (Fsp3) is 0.0769. The Morgan fingerprint density at radius 2 is 1.86 bits per heavy atom. The van der Waals surface area contributed by atoms with Gasteiger partial charge in [0.25, 0.3) is 11.5 Å². The van der Waals surface area contributed by atoms with Gasteiger partial charge in [0, 0.05) is 10.6 Å². The standard InChI is InChI=1S/C13H11ClN4O4/c1-6(9-11(20)15-13(22)16-12(9)21)17-18-10(19)7-2-4-8(14)5-3-7/h2-5H,1H3,(H,18,19)(H3,15,16,20,21,22)/b17-6+. The highest BCUT2D eigenvalue weighted by molar-refractivity contribution is 6.30. The Labute approximate surface area is 128 Å². The van der Waals surface area contributed by atoms with Gasteiger partial charge >= 0.3 is 5.69 Å². The SMILES string of the molecule is C/C(=N\NC(=O)c1ccc(Cl)cc1)c1c(O)[nH]c(=O)[nH]c1=O. The molecule has 1 heterocycles. The Balaban J connectivity index is 2.23. The van der Waals surface area contributed by atoms with E-state index in [1.165, 1.54) is 19.1 Å². The van der Waals surface area contributed by atoms with E-state index in [2.05, 4.69) is 10.5 Å². The molecule has 0 saturated carbocycles.